The van der Waals surface area contributed by atoms with Gasteiger partial charge in [0.05, 0.1) is 0 Å². The van der Waals surface area contributed by atoms with Gasteiger partial charge in [0, 0.05) is 18.2 Å². The number of rotatable bonds is 3. The van der Waals surface area contributed by atoms with Crippen LogP contribution in [0.4, 0.5) is 0 Å². The Hall–Kier alpha value is -1.30. The third-order valence-electron chi connectivity index (χ3n) is 4.63. The van der Waals surface area contributed by atoms with Crippen molar-refractivity contribution < 1.29 is 5.11 Å². The molecule has 1 saturated carbocycles. The lowest BCUT2D eigenvalue weighted by Gasteiger charge is -2.38. The highest BCUT2D eigenvalue weighted by Gasteiger charge is 2.28. The summed E-state index contributed by atoms with van der Waals surface area (Å²) in [6.45, 7) is 5.69. The fraction of sp³-hybridized carbons (Fsp3) is 0.579. The topological polar surface area (TPSA) is 23.5 Å². The molecule has 1 aliphatic carbocycles. The van der Waals surface area contributed by atoms with Gasteiger partial charge in [-0.1, -0.05) is 37.8 Å². The number of aliphatic hydroxyl groups is 1. The Labute approximate surface area is 129 Å². The molecule has 0 radical (unpaired) electrons. The molecular weight excluding hydrogens is 258 g/mol. The van der Waals surface area contributed by atoms with Crippen LogP contribution in [-0.4, -0.2) is 29.7 Å². The fourth-order valence-electron chi connectivity index (χ4n) is 3.08. The normalized spacial score (nSPS) is 18.3. The molecule has 0 spiro atoms. The standard InChI is InChI=1S/C19H27NO/c1-19(2)12-10-18(11-13-19)20(3)15-17-8-6-16(7-9-17)5-4-14-21/h6-9,18,21H,10-15H2,1-3H3. The van der Waals surface area contributed by atoms with Crippen LogP contribution in [0, 0.1) is 17.3 Å². The molecule has 0 bridgehead atoms. The number of hydrogen-bond acceptors (Lipinski definition) is 2. The third kappa shape index (κ3) is 4.88. The summed E-state index contributed by atoms with van der Waals surface area (Å²) >= 11 is 0. The first-order valence-corrected chi connectivity index (χ1v) is 7.89. The van der Waals surface area contributed by atoms with Crippen molar-refractivity contribution in [1.82, 2.24) is 4.90 Å². The van der Waals surface area contributed by atoms with Crippen LogP contribution in [0.25, 0.3) is 0 Å². The maximum atomic E-state index is 8.70. The minimum atomic E-state index is -0.0808. The molecule has 1 aromatic rings. The highest BCUT2D eigenvalue weighted by Crippen LogP contribution is 2.36. The number of nitrogens with zero attached hydrogens (tertiary/aromatic N) is 1. The van der Waals surface area contributed by atoms with Crippen molar-refractivity contribution in [1.29, 1.82) is 0 Å². The molecule has 0 aliphatic heterocycles. The third-order valence-corrected chi connectivity index (χ3v) is 4.63. The molecule has 0 amide bonds. The second-order valence-corrected chi connectivity index (χ2v) is 6.97. The molecule has 1 N–H and O–H groups in total. The smallest absolute Gasteiger partial charge is 0.104 e. The molecule has 1 fully saturated rings. The number of hydrogen-bond donors (Lipinski definition) is 1. The quantitative estimate of drug-likeness (QED) is 0.860. The van der Waals surface area contributed by atoms with Crippen LogP contribution < -0.4 is 0 Å². The zero-order valence-electron chi connectivity index (χ0n) is 13.5. The van der Waals surface area contributed by atoms with Crippen molar-refractivity contribution in [2.45, 2.75) is 52.1 Å². The van der Waals surface area contributed by atoms with E-state index in [1.165, 1.54) is 31.2 Å². The Balaban J connectivity index is 1.89. The molecule has 1 aromatic carbocycles. The maximum absolute atomic E-state index is 8.70. The van der Waals surface area contributed by atoms with Crippen LogP contribution >= 0.6 is 0 Å². The summed E-state index contributed by atoms with van der Waals surface area (Å²) in [4.78, 5) is 2.49. The molecule has 0 aromatic heterocycles. The number of benzene rings is 1. The molecule has 21 heavy (non-hydrogen) atoms. The van der Waals surface area contributed by atoms with Gasteiger partial charge >= 0.3 is 0 Å². The average molecular weight is 285 g/mol. The maximum Gasteiger partial charge on any atom is 0.104 e. The molecule has 0 atom stereocenters. The van der Waals surface area contributed by atoms with Gasteiger partial charge < -0.3 is 5.11 Å². The number of aliphatic hydroxyl groups excluding tert-OH is 1. The first-order valence-electron chi connectivity index (χ1n) is 7.89. The van der Waals surface area contributed by atoms with Crippen molar-refractivity contribution in [3.8, 4) is 11.8 Å². The van der Waals surface area contributed by atoms with Gasteiger partial charge in [-0.25, -0.2) is 0 Å². The highest BCUT2D eigenvalue weighted by molar-refractivity contribution is 5.36. The lowest BCUT2D eigenvalue weighted by atomic mass is 9.75. The zero-order chi connectivity index (χ0) is 15.3. The summed E-state index contributed by atoms with van der Waals surface area (Å²) in [5.41, 5.74) is 2.83. The second kappa shape index (κ2) is 7.11. The van der Waals surface area contributed by atoms with Gasteiger partial charge in [0.15, 0.2) is 0 Å². The monoisotopic (exact) mass is 285 g/mol. The Bertz CT molecular complexity index is 497. The van der Waals surface area contributed by atoms with Gasteiger partial charge in [-0.2, -0.15) is 0 Å². The molecule has 2 nitrogen and oxygen atoms in total. The SMILES string of the molecule is CN(Cc1ccc(C#CCO)cc1)C1CCC(C)(C)CC1. The Kier molecular flexibility index (Phi) is 5.45. The predicted octanol–water partition coefficient (Wildman–Crippen LogP) is 3.43. The largest absolute Gasteiger partial charge is 0.384 e. The molecule has 0 heterocycles. The fourth-order valence-corrected chi connectivity index (χ4v) is 3.08. The van der Waals surface area contributed by atoms with Gasteiger partial charge in [-0.05, 0) is 55.8 Å². The van der Waals surface area contributed by atoms with Crippen LogP contribution in [0.1, 0.15) is 50.7 Å². The zero-order valence-corrected chi connectivity index (χ0v) is 13.5. The summed E-state index contributed by atoms with van der Waals surface area (Å²) in [5.74, 6) is 5.61. The lowest BCUT2D eigenvalue weighted by molar-refractivity contribution is 0.123. The minimum absolute atomic E-state index is 0.0808. The van der Waals surface area contributed by atoms with Crippen molar-refractivity contribution in [3.63, 3.8) is 0 Å². The highest BCUT2D eigenvalue weighted by atomic mass is 16.2. The first kappa shape index (κ1) is 16.1. The molecule has 0 saturated heterocycles. The van der Waals surface area contributed by atoms with E-state index in [9.17, 15) is 0 Å². The van der Waals surface area contributed by atoms with Crippen LogP contribution in [-0.2, 0) is 6.54 Å². The van der Waals surface area contributed by atoms with E-state index in [1.54, 1.807) is 0 Å². The van der Waals surface area contributed by atoms with E-state index in [0.717, 1.165) is 12.1 Å². The summed E-state index contributed by atoms with van der Waals surface area (Å²) in [6.07, 6.45) is 5.28. The lowest BCUT2D eigenvalue weighted by Crippen LogP contribution is -2.36. The van der Waals surface area contributed by atoms with Crippen molar-refractivity contribution in [2.75, 3.05) is 13.7 Å². The van der Waals surface area contributed by atoms with Gasteiger partial charge in [0.1, 0.15) is 6.61 Å². The van der Waals surface area contributed by atoms with Crippen LogP contribution in [0.2, 0.25) is 0 Å². The molecule has 114 valence electrons. The van der Waals surface area contributed by atoms with Crippen molar-refractivity contribution in [3.05, 3.63) is 35.4 Å². The van der Waals surface area contributed by atoms with E-state index in [2.05, 4.69) is 49.8 Å². The Morgan fingerprint density at radius 1 is 1.19 bits per heavy atom. The van der Waals surface area contributed by atoms with E-state index < -0.39 is 0 Å². The van der Waals surface area contributed by atoms with Crippen LogP contribution in [0.3, 0.4) is 0 Å². The van der Waals surface area contributed by atoms with Crippen LogP contribution in [0.15, 0.2) is 24.3 Å². The van der Waals surface area contributed by atoms with Crippen molar-refractivity contribution >= 4 is 0 Å². The van der Waals surface area contributed by atoms with Gasteiger partial charge in [0.2, 0.25) is 0 Å². The van der Waals surface area contributed by atoms with E-state index in [-0.39, 0.29) is 6.61 Å². The summed E-state index contributed by atoms with van der Waals surface area (Å²) in [5, 5.41) is 8.70. The van der Waals surface area contributed by atoms with Gasteiger partial charge in [0.25, 0.3) is 0 Å². The Morgan fingerprint density at radius 2 is 1.81 bits per heavy atom. The molecule has 2 rings (SSSR count). The summed E-state index contributed by atoms with van der Waals surface area (Å²) in [7, 11) is 2.24. The molecule has 0 unspecified atom stereocenters. The average Bonchev–Trinajstić information content (AvgIpc) is 2.46. The predicted molar refractivity (Wildman–Crippen MR) is 87.9 cm³/mol. The van der Waals surface area contributed by atoms with E-state index in [0.29, 0.717) is 11.5 Å². The van der Waals surface area contributed by atoms with E-state index >= 15 is 0 Å². The molecule has 2 heteroatoms. The van der Waals surface area contributed by atoms with Crippen LogP contribution in [0.5, 0.6) is 0 Å². The molecule has 1 aliphatic rings. The first-order chi connectivity index (χ1) is 10.00. The van der Waals surface area contributed by atoms with E-state index in [1.807, 2.05) is 12.1 Å². The Morgan fingerprint density at radius 3 is 2.38 bits per heavy atom. The molecular formula is C19H27NO. The minimum Gasteiger partial charge on any atom is -0.384 e. The van der Waals surface area contributed by atoms with E-state index in [4.69, 9.17) is 5.11 Å². The van der Waals surface area contributed by atoms with Gasteiger partial charge in [-0.15, -0.1) is 0 Å². The second-order valence-electron chi connectivity index (χ2n) is 6.97. The van der Waals surface area contributed by atoms with Crippen molar-refractivity contribution in [2.24, 2.45) is 5.41 Å². The summed E-state index contributed by atoms with van der Waals surface area (Å²) < 4.78 is 0. The van der Waals surface area contributed by atoms with Gasteiger partial charge in [-0.3, -0.25) is 4.90 Å². The summed E-state index contributed by atoms with van der Waals surface area (Å²) in [6, 6.07) is 9.08.